The van der Waals surface area contributed by atoms with Crippen molar-refractivity contribution < 1.29 is 4.74 Å². The minimum Gasteiger partial charge on any atom is -0.477 e. The van der Waals surface area contributed by atoms with Crippen LogP contribution in [0.25, 0.3) is 10.9 Å². The average molecular weight is 254 g/mol. The van der Waals surface area contributed by atoms with E-state index in [-0.39, 0.29) is 0 Å². The summed E-state index contributed by atoms with van der Waals surface area (Å²) in [5.74, 6) is 1.04. The molecule has 3 heteroatoms. The molecule has 19 heavy (non-hydrogen) atoms. The van der Waals surface area contributed by atoms with E-state index < -0.39 is 0 Å². The topological polar surface area (TPSA) is 45.9 Å². The van der Waals surface area contributed by atoms with Gasteiger partial charge in [0.15, 0.2) is 0 Å². The van der Waals surface area contributed by atoms with Crippen LogP contribution in [0, 0.1) is 17.2 Å². The summed E-state index contributed by atoms with van der Waals surface area (Å²) < 4.78 is 5.71. The second kappa shape index (κ2) is 6.19. The fourth-order valence-electron chi connectivity index (χ4n) is 2.12. The molecule has 0 aliphatic heterocycles. The fourth-order valence-corrected chi connectivity index (χ4v) is 2.12. The minimum absolute atomic E-state index is 0.504. The van der Waals surface area contributed by atoms with Crippen molar-refractivity contribution in [1.82, 2.24) is 4.98 Å². The molecule has 1 aromatic heterocycles. The molecule has 0 amide bonds. The van der Waals surface area contributed by atoms with E-state index in [9.17, 15) is 5.26 Å². The maximum absolute atomic E-state index is 9.19. The molecule has 2 rings (SSSR count). The Morgan fingerprint density at radius 3 is 2.89 bits per heavy atom. The van der Waals surface area contributed by atoms with Gasteiger partial charge in [-0.3, -0.25) is 0 Å². The second-order valence-corrected chi connectivity index (χ2v) is 4.84. The van der Waals surface area contributed by atoms with Gasteiger partial charge in [-0.25, -0.2) is 4.98 Å². The summed E-state index contributed by atoms with van der Waals surface area (Å²) in [7, 11) is 0. The zero-order chi connectivity index (χ0) is 13.7. The number of hydrogen-bond acceptors (Lipinski definition) is 3. The van der Waals surface area contributed by atoms with Crippen LogP contribution in [-0.4, -0.2) is 11.6 Å². The van der Waals surface area contributed by atoms with Gasteiger partial charge in [0.25, 0.3) is 0 Å². The monoisotopic (exact) mass is 254 g/mol. The van der Waals surface area contributed by atoms with Gasteiger partial charge in [-0.1, -0.05) is 38.5 Å². The van der Waals surface area contributed by atoms with Crippen LogP contribution in [0.2, 0.25) is 0 Å². The second-order valence-electron chi connectivity index (χ2n) is 4.84. The van der Waals surface area contributed by atoms with Crippen LogP contribution in [0.1, 0.15) is 32.3 Å². The van der Waals surface area contributed by atoms with Crippen LogP contribution in [0.15, 0.2) is 30.3 Å². The van der Waals surface area contributed by atoms with Crippen LogP contribution >= 0.6 is 0 Å². The van der Waals surface area contributed by atoms with E-state index in [0.29, 0.717) is 24.0 Å². The van der Waals surface area contributed by atoms with E-state index in [0.717, 1.165) is 23.7 Å². The summed E-state index contributed by atoms with van der Waals surface area (Å²) in [5, 5.41) is 10.1. The molecule has 1 unspecified atom stereocenters. The molecule has 0 N–H and O–H groups in total. The van der Waals surface area contributed by atoms with Gasteiger partial charge in [-0.05, 0) is 18.4 Å². The molecule has 0 saturated carbocycles. The molecule has 0 fully saturated rings. The number of nitrogens with zero attached hydrogens (tertiary/aromatic N) is 2. The smallest absolute Gasteiger partial charge is 0.215 e. The van der Waals surface area contributed by atoms with Gasteiger partial charge in [-0.2, -0.15) is 5.26 Å². The predicted molar refractivity (Wildman–Crippen MR) is 76.0 cm³/mol. The SMILES string of the molecule is CCCC(C)COc1cc(C#N)c2ccccc2n1. The predicted octanol–water partition coefficient (Wildman–Crippen LogP) is 3.92. The van der Waals surface area contributed by atoms with Gasteiger partial charge in [-0.15, -0.1) is 0 Å². The van der Waals surface area contributed by atoms with E-state index in [2.05, 4.69) is 24.9 Å². The van der Waals surface area contributed by atoms with Gasteiger partial charge in [0.2, 0.25) is 5.88 Å². The molecule has 0 radical (unpaired) electrons. The van der Waals surface area contributed by atoms with E-state index in [1.165, 1.54) is 0 Å². The first-order chi connectivity index (χ1) is 9.24. The molecule has 1 heterocycles. The Morgan fingerprint density at radius 2 is 2.16 bits per heavy atom. The minimum atomic E-state index is 0.504. The molecule has 0 bridgehead atoms. The summed E-state index contributed by atoms with van der Waals surface area (Å²) in [6.07, 6.45) is 2.29. The van der Waals surface area contributed by atoms with Crippen molar-refractivity contribution in [2.75, 3.05) is 6.61 Å². The van der Waals surface area contributed by atoms with E-state index in [4.69, 9.17) is 4.74 Å². The molecule has 1 aromatic carbocycles. The molecule has 2 aromatic rings. The Kier molecular flexibility index (Phi) is 4.35. The molecule has 0 aliphatic rings. The molecule has 0 spiro atoms. The third-order valence-electron chi connectivity index (χ3n) is 3.11. The largest absolute Gasteiger partial charge is 0.477 e. The first kappa shape index (κ1) is 13.4. The lowest BCUT2D eigenvalue weighted by Crippen LogP contribution is -2.09. The summed E-state index contributed by atoms with van der Waals surface area (Å²) in [6.45, 7) is 4.97. The Labute approximate surface area is 113 Å². The lowest BCUT2D eigenvalue weighted by atomic mass is 10.1. The van der Waals surface area contributed by atoms with Crippen molar-refractivity contribution in [3.05, 3.63) is 35.9 Å². The van der Waals surface area contributed by atoms with Crippen LogP contribution in [0.5, 0.6) is 5.88 Å². The zero-order valence-corrected chi connectivity index (χ0v) is 11.4. The summed E-state index contributed by atoms with van der Waals surface area (Å²) in [4.78, 5) is 4.44. The number of para-hydroxylation sites is 1. The highest BCUT2D eigenvalue weighted by atomic mass is 16.5. The normalized spacial score (nSPS) is 12.1. The number of rotatable bonds is 5. The van der Waals surface area contributed by atoms with Gasteiger partial charge in [0.05, 0.1) is 17.7 Å². The van der Waals surface area contributed by atoms with E-state index >= 15 is 0 Å². The summed E-state index contributed by atoms with van der Waals surface area (Å²) in [6, 6.07) is 11.6. The average Bonchev–Trinajstić information content (AvgIpc) is 2.44. The highest BCUT2D eigenvalue weighted by Crippen LogP contribution is 2.21. The molecule has 1 atom stereocenters. The molecule has 0 aliphatic carbocycles. The van der Waals surface area contributed by atoms with Crippen molar-refractivity contribution in [3.63, 3.8) is 0 Å². The van der Waals surface area contributed by atoms with Crippen LogP contribution in [-0.2, 0) is 0 Å². The van der Waals surface area contributed by atoms with E-state index in [1.807, 2.05) is 24.3 Å². The third-order valence-corrected chi connectivity index (χ3v) is 3.11. The van der Waals surface area contributed by atoms with Gasteiger partial charge >= 0.3 is 0 Å². The Balaban J connectivity index is 2.23. The fraction of sp³-hybridized carbons (Fsp3) is 0.375. The third kappa shape index (κ3) is 3.23. The number of nitriles is 1. The number of hydrogen-bond donors (Lipinski definition) is 0. The number of pyridine rings is 1. The van der Waals surface area contributed by atoms with Crippen LogP contribution in [0.4, 0.5) is 0 Å². The maximum atomic E-state index is 9.19. The first-order valence-electron chi connectivity index (χ1n) is 6.67. The maximum Gasteiger partial charge on any atom is 0.215 e. The lowest BCUT2D eigenvalue weighted by Gasteiger charge is -2.12. The number of ether oxygens (including phenoxy) is 1. The Hall–Kier alpha value is -2.08. The number of aromatic nitrogens is 1. The van der Waals surface area contributed by atoms with Crippen LogP contribution < -0.4 is 4.74 Å². The van der Waals surface area contributed by atoms with Crippen molar-refractivity contribution in [2.24, 2.45) is 5.92 Å². The van der Waals surface area contributed by atoms with Crippen molar-refractivity contribution in [2.45, 2.75) is 26.7 Å². The molecular formula is C16H18N2O. The van der Waals surface area contributed by atoms with Gasteiger partial charge in [0.1, 0.15) is 6.07 Å². The van der Waals surface area contributed by atoms with E-state index in [1.54, 1.807) is 6.07 Å². The Bertz CT molecular complexity index is 601. The highest BCUT2D eigenvalue weighted by Gasteiger charge is 2.07. The quantitative estimate of drug-likeness (QED) is 0.812. The number of fused-ring (bicyclic) bond motifs is 1. The standard InChI is InChI=1S/C16H18N2O/c1-3-6-12(2)11-19-16-9-13(10-17)14-7-4-5-8-15(14)18-16/h4-5,7-9,12H,3,6,11H2,1-2H3. The molecule has 0 saturated heterocycles. The summed E-state index contributed by atoms with van der Waals surface area (Å²) in [5.41, 5.74) is 1.42. The molecule has 98 valence electrons. The van der Waals surface area contributed by atoms with Crippen molar-refractivity contribution in [1.29, 1.82) is 5.26 Å². The number of benzene rings is 1. The van der Waals surface area contributed by atoms with Gasteiger partial charge < -0.3 is 4.74 Å². The van der Waals surface area contributed by atoms with Crippen molar-refractivity contribution in [3.8, 4) is 11.9 Å². The zero-order valence-electron chi connectivity index (χ0n) is 11.4. The lowest BCUT2D eigenvalue weighted by molar-refractivity contribution is 0.244. The molecule has 3 nitrogen and oxygen atoms in total. The highest BCUT2D eigenvalue weighted by molar-refractivity contribution is 5.85. The summed E-state index contributed by atoms with van der Waals surface area (Å²) >= 11 is 0. The van der Waals surface area contributed by atoms with Crippen molar-refractivity contribution >= 4 is 10.9 Å². The molecular weight excluding hydrogens is 236 g/mol. The van der Waals surface area contributed by atoms with Crippen LogP contribution in [0.3, 0.4) is 0 Å². The van der Waals surface area contributed by atoms with Gasteiger partial charge in [0, 0.05) is 11.5 Å². The Morgan fingerprint density at radius 1 is 1.37 bits per heavy atom. The first-order valence-corrected chi connectivity index (χ1v) is 6.67.